The molecule has 1 atom stereocenters. The van der Waals surface area contributed by atoms with E-state index in [2.05, 4.69) is 22.2 Å². The lowest BCUT2D eigenvalue weighted by molar-refractivity contribution is 0.621. The van der Waals surface area contributed by atoms with Gasteiger partial charge in [-0.05, 0) is 19.4 Å². The molecule has 2 aromatic rings. The highest BCUT2D eigenvalue weighted by atomic mass is 15.1. The first-order valence-electron chi connectivity index (χ1n) is 6.46. The monoisotopic (exact) mass is 243 g/mol. The molecule has 5 heteroatoms. The molecule has 3 heterocycles. The van der Waals surface area contributed by atoms with E-state index in [9.17, 15) is 0 Å². The summed E-state index contributed by atoms with van der Waals surface area (Å²) in [5.41, 5.74) is 1.03. The van der Waals surface area contributed by atoms with Crippen LogP contribution in [0.4, 0.5) is 0 Å². The van der Waals surface area contributed by atoms with Crippen molar-refractivity contribution >= 4 is 0 Å². The summed E-state index contributed by atoms with van der Waals surface area (Å²) in [6, 6.07) is 0.353. The van der Waals surface area contributed by atoms with E-state index in [1.54, 1.807) is 12.4 Å². The Hall–Kier alpha value is -1.75. The van der Waals surface area contributed by atoms with Gasteiger partial charge in [-0.25, -0.2) is 9.97 Å². The van der Waals surface area contributed by atoms with Crippen LogP contribution >= 0.6 is 0 Å². The van der Waals surface area contributed by atoms with Gasteiger partial charge in [0.1, 0.15) is 5.82 Å². The Bertz CT molecular complexity index is 528. The molecule has 1 aliphatic heterocycles. The highest BCUT2D eigenvalue weighted by Gasteiger charge is 2.18. The van der Waals surface area contributed by atoms with Gasteiger partial charge in [-0.2, -0.15) is 0 Å². The fourth-order valence-corrected chi connectivity index (χ4v) is 2.40. The van der Waals surface area contributed by atoms with Crippen LogP contribution in [0.2, 0.25) is 0 Å². The van der Waals surface area contributed by atoms with Gasteiger partial charge in [-0.1, -0.05) is 6.92 Å². The summed E-state index contributed by atoms with van der Waals surface area (Å²) in [6.45, 7) is 3.16. The number of rotatable bonds is 3. The molecule has 0 saturated carbocycles. The highest BCUT2D eigenvalue weighted by Crippen LogP contribution is 2.21. The molecule has 0 amide bonds. The number of aryl methyl sites for hydroxylation is 1. The summed E-state index contributed by atoms with van der Waals surface area (Å²) in [6.07, 6.45) is 10.6. The fraction of sp³-hybridized carbons (Fsp3) is 0.462. The van der Waals surface area contributed by atoms with E-state index in [1.807, 2.05) is 17.0 Å². The van der Waals surface area contributed by atoms with Gasteiger partial charge in [0.25, 0.3) is 0 Å². The van der Waals surface area contributed by atoms with Crippen LogP contribution in [0.3, 0.4) is 0 Å². The minimum atomic E-state index is 0.353. The maximum atomic E-state index is 4.70. The Morgan fingerprint density at radius 2 is 2.39 bits per heavy atom. The van der Waals surface area contributed by atoms with E-state index in [1.165, 1.54) is 6.42 Å². The second-order valence-corrected chi connectivity index (χ2v) is 4.52. The van der Waals surface area contributed by atoms with E-state index >= 15 is 0 Å². The number of nitrogens with one attached hydrogen (secondary N) is 1. The summed E-state index contributed by atoms with van der Waals surface area (Å²) in [4.78, 5) is 13.3. The smallest absolute Gasteiger partial charge is 0.156 e. The van der Waals surface area contributed by atoms with Gasteiger partial charge >= 0.3 is 0 Å². The summed E-state index contributed by atoms with van der Waals surface area (Å²) in [5.74, 6) is 1.87. The third-order valence-corrected chi connectivity index (χ3v) is 3.34. The average molecular weight is 243 g/mol. The minimum Gasteiger partial charge on any atom is -0.309 e. The number of hydrogen-bond acceptors (Lipinski definition) is 4. The molecule has 5 nitrogen and oxygen atoms in total. The van der Waals surface area contributed by atoms with Crippen molar-refractivity contribution in [2.75, 3.05) is 6.54 Å². The average Bonchev–Trinajstić information content (AvgIpc) is 3.10. The predicted octanol–water partition coefficient (Wildman–Crippen LogP) is 1.65. The lowest BCUT2D eigenvalue weighted by atomic mass is 10.2. The standard InChI is InChI=1S/C13H17N5/c1-2-12-16-6-7-18(12)13-9-14-8-11(17-13)10-4-3-5-15-10/h6-10,15H,2-5H2,1H3/t10-/m0/s1. The number of hydrogen-bond donors (Lipinski definition) is 1. The van der Waals surface area contributed by atoms with Crippen molar-refractivity contribution < 1.29 is 0 Å². The van der Waals surface area contributed by atoms with E-state index in [-0.39, 0.29) is 0 Å². The molecule has 0 aromatic carbocycles. The topological polar surface area (TPSA) is 55.6 Å². The van der Waals surface area contributed by atoms with Gasteiger partial charge in [0, 0.05) is 18.8 Å². The third-order valence-electron chi connectivity index (χ3n) is 3.34. The molecule has 0 bridgehead atoms. The first-order valence-corrected chi connectivity index (χ1v) is 6.46. The lowest BCUT2D eigenvalue weighted by Crippen LogP contribution is -2.15. The highest BCUT2D eigenvalue weighted by molar-refractivity contribution is 5.24. The van der Waals surface area contributed by atoms with Gasteiger partial charge in [-0.3, -0.25) is 9.55 Å². The molecular weight excluding hydrogens is 226 g/mol. The second kappa shape index (κ2) is 4.86. The second-order valence-electron chi connectivity index (χ2n) is 4.52. The minimum absolute atomic E-state index is 0.353. The van der Waals surface area contributed by atoms with E-state index < -0.39 is 0 Å². The molecule has 2 aromatic heterocycles. The van der Waals surface area contributed by atoms with Gasteiger partial charge in [0.05, 0.1) is 24.1 Å². The molecule has 3 rings (SSSR count). The molecule has 1 fully saturated rings. The quantitative estimate of drug-likeness (QED) is 0.890. The van der Waals surface area contributed by atoms with Crippen LogP contribution in [-0.4, -0.2) is 26.1 Å². The van der Waals surface area contributed by atoms with E-state index in [4.69, 9.17) is 4.98 Å². The van der Waals surface area contributed by atoms with Crippen LogP contribution in [0, 0.1) is 0 Å². The summed E-state index contributed by atoms with van der Waals surface area (Å²) in [7, 11) is 0. The van der Waals surface area contributed by atoms with Crippen LogP contribution in [0.25, 0.3) is 5.82 Å². The number of imidazole rings is 1. The van der Waals surface area contributed by atoms with Crippen LogP contribution in [0.15, 0.2) is 24.8 Å². The van der Waals surface area contributed by atoms with Crippen molar-refractivity contribution in [3.05, 3.63) is 36.3 Å². The molecule has 0 spiro atoms. The molecule has 0 radical (unpaired) electrons. The van der Waals surface area contributed by atoms with Crippen molar-refractivity contribution in [1.82, 2.24) is 24.8 Å². The largest absolute Gasteiger partial charge is 0.309 e. The first kappa shape index (κ1) is 11.3. The van der Waals surface area contributed by atoms with Crippen LogP contribution in [-0.2, 0) is 6.42 Å². The van der Waals surface area contributed by atoms with Crippen molar-refractivity contribution in [2.24, 2.45) is 0 Å². The van der Waals surface area contributed by atoms with E-state index in [0.717, 1.165) is 36.7 Å². The molecule has 0 aliphatic carbocycles. The van der Waals surface area contributed by atoms with Crippen molar-refractivity contribution in [2.45, 2.75) is 32.2 Å². The first-order chi connectivity index (χ1) is 8.88. The van der Waals surface area contributed by atoms with Crippen LogP contribution < -0.4 is 5.32 Å². The maximum absolute atomic E-state index is 4.70. The fourth-order valence-electron chi connectivity index (χ4n) is 2.40. The number of nitrogens with zero attached hydrogens (tertiary/aromatic N) is 4. The Balaban J connectivity index is 1.95. The summed E-state index contributed by atoms with van der Waals surface area (Å²) >= 11 is 0. The Kier molecular flexibility index (Phi) is 3.06. The van der Waals surface area contributed by atoms with Gasteiger partial charge in [0.2, 0.25) is 0 Å². The molecule has 1 saturated heterocycles. The normalized spacial score (nSPS) is 19.3. The molecule has 18 heavy (non-hydrogen) atoms. The molecular formula is C13H17N5. The van der Waals surface area contributed by atoms with Crippen molar-refractivity contribution in [3.8, 4) is 5.82 Å². The zero-order chi connectivity index (χ0) is 12.4. The SMILES string of the molecule is CCc1nccn1-c1cncc([C@@H]2CCCN2)n1. The lowest BCUT2D eigenvalue weighted by Gasteiger charge is -2.11. The van der Waals surface area contributed by atoms with Gasteiger partial charge in [-0.15, -0.1) is 0 Å². The maximum Gasteiger partial charge on any atom is 0.156 e. The van der Waals surface area contributed by atoms with Crippen LogP contribution in [0.5, 0.6) is 0 Å². The zero-order valence-corrected chi connectivity index (χ0v) is 10.5. The summed E-state index contributed by atoms with van der Waals surface area (Å²) < 4.78 is 2.01. The molecule has 0 unspecified atom stereocenters. The van der Waals surface area contributed by atoms with E-state index in [0.29, 0.717) is 6.04 Å². The zero-order valence-electron chi connectivity index (χ0n) is 10.5. The molecule has 1 N–H and O–H groups in total. The van der Waals surface area contributed by atoms with Gasteiger partial charge < -0.3 is 5.32 Å². The predicted molar refractivity (Wildman–Crippen MR) is 68.5 cm³/mol. The Morgan fingerprint density at radius 3 is 3.17 bits per heavy atom. The molecule has 94 valence electrons. The Labute approximate surface area is 106 Å². The third kappa shape index (κ3) is 2.01. The number of aromatic nitrogens is 4. The van der Waals surface area contributed by atoms with Crippen molar-refractivity contribution in [1.29, 1.82) is 0 Å². The summed E-state index contributed by atoms with van der Waals surface area (Å²) in [5, 5.41) is 3.45. The molecule has 1 aliphatic rings. The van der Waals surface area contributed by atoms with Crippen LogP contribution in [0.1, 0.15) is 37.3 Å². The van der Waals surface area contributed by atoms with Crippen molar-refractivity contribution in [3.63, 3.8) is 0 Å². The Morgan fingerprint density at radius 1 is 1.44 bits per heavy atom. The van der Waals surface area contributed by atoms with Gasteiger partial charge in [0.15, 0.2) is 5.82 Å².